The van der Waals surface area contributed by atoms with Crippen LogP contribution in [0.4, 0.5) is 0 Å². The zero-order valence-electron chi connectivity index (χ0n) is 16.6. The molecule has 0 aliphatic carbocycles. The number of benzene rings is 1. The van der Waals surface area contributed by atoms with Gasteiger partial charge in [-0.05, 0) is 50.7 Å². The largest absolute Gasteiger partial charge is 0.484 e. The summed E-state index contributed by atoms with van der Waals surface area (Å²) in [6, 6.07) is 9.53. The lowest BCUT2D eigenvalue weighted by Gasteiger charge is -2.38. The quantitative estimate of drug-likeness (QED) is 0.809. The van der Waals surface area contributed by atoms with Gasteiger partial charge in [0.05, 0.1) is 5.92 Å². The van der Waals surface area contributed by atoms with Crippen LogP contribution in [0.1, 0.15) is 32.6 Å². The number of ether oxygens (including phenoxy) is 1. The third kappa shape index (κ3) is 5.85. The van der Waals surface area contributed by atoms with Crippen LogP contribution in [0.15, 0.2) is 30.3 Å². The van der Waals surface area contributed by atoms with E-state index < -0.39 is 0 Å². The second-order valence-electron chi connectivity index (χ2n) is 7.80. The summed E-state index contributed by atoms with van der Waals surface area (Å²) < 4.78 is 5.57. The van der Waals surface area contributed by atoms with E-state index in [-0.39, 0.29) is 42.8 Å². The standard InChI is InChI=1S/C21H31N3O3.ClH/c1-16(22)17-9-12-23(13-10-17)21(26)18-6-5-11-24(14-18)20(25)15-27-19-7-3-2-4-8-19;/h2-4,7-8,16-18H,5-6,9-15,22H2,1H3;1H. The van der Waals surface area contributed by atoms with Gasteiger partial charge >= 0.3 is 0 Å². The van der Waals surface area contributed by atoms with E-state index in [1.54, 1.807) is 4.90 Å². The highest BCUT2D eigenvalue weighted by molar-refractivity contribution is 5.85. The lowest BCUT2D eigenvalue weighted by Crippen LogP contribution is -2.50. The summed E-state index contributed by atoms with van der Waals surface area (Å²) in [5.41, 5.74) is 5.99. The van der Waals surface area contributed by atoms with Gasteiger partial charge in [0.15, 0.2) is 6.61 Å². The van der Waals surface area contributed by atoms with Crippen LogP contribution in [0.2, 0.25) is 0 Å². The Balaban J connectivity index is 0.00000280. The number of nitrogens with zero attached hydrogens (tertiary/aromatic N) is 2. The molecule has 2 atom stereocenters. The van der Waals surface area contributed by atoms with Gasteiger partial charge in [-0.2, -0.15) is 0 Å². The summed E-state index contributed by atoms with van der Waals surface area (Å²) in [6.07, 6.45) is 3.67. The molecule has 0 aromatic heterocycles. The summed E-state index contributed by atoms with van der Waals surface area (Å²) in [4.78, 5) is 29.2. The Hall–Kier alpha value is -1.79. The summed E-state index contributed by atoms with van der Waals surface area (Å²) in [6.45, 7) is 4.84. The molecule has 1 aromatic rings. The van der Waals surface area contributed by atoms with Crippen molar-refractivity contribution in [2.24, 2.45) is 17.6 Å². The third-order valence-electron chi connectivity index (χ3n) is 5.82. The van der Waals surface area contributed by atoms with Gasteiger partial charge in [0.1, 0.15) is 5.75 Å². The highest BCUT2D eigenvalue weighted by Gasteiger charge is 2.33. The van der Waals surface area contributed by atoms with E-state index in [0.717, 1.165) is 38.8 Å². The van der Waals surface area contributed by atoms with Crippen LogP contribution in [-0.4, -0.2) is 60.4 Å². The highest BCUT2D eigenvalue weighted by atomic mass is 35.5. The SMILES string of the molecule is CC(N)C1CCN(C(=O)C2CCCN(C(=O)COc3ccccc3)C2)CC1.Cl. The highest BCUT2D eigenvalue weighted by Crippen LogP contribution is 2.24. The second-order valence-corrected chi connectivity index (χ2v) is 7.80. The van der Waals surface area contributed by atoms with Crippen molar-refractivity contribution in [3.63, 3.8) is 0 Å². The van der Waals surface area contributed by atoms with Crippen molar-refractivity contribution < 1.29 is 14.3 Å². The molecule has 2 aliphatic rings. The van der Waals surface area contributed by atoms with Gasteiger partial charge in [-0.25, -0.2) is 0 Å². The van der Waals surface area contributed by atoms with Crippen molar-refractivity contribution in [1.82, 2.24) is 9.80 Å². The van der Waals surface area contributed by atoms with Crippen molar-refractivity contribution in [3.8, 4) is 5.75 Å². The van der Waals surface area contributed by atoms with Gasteiger partial charge in [0.25, 0.3) is 5.91 Å². The van der Waals surface area contributed by atoms with Gasteiger partial charge in [0, 0.05) is 32.2 Å². The molecule has 0 radical (unpaired) electrons. The zero-order chi connectivity index (χ0) is 19.2. The molecule has 0 saturated carbocycles. The molecule has 2 saturated heterocycles. The first-order valence-electron chi connectivity index (χ1n) is 10.0. The Kier molecular flexibility index (Phi) is 8.58. The van der Waals surface area contributed by atoms with Crippen molar-refractivity contribution in [2.75, 3.05) is 32.8 Å². The minimum Gasteiger partial charge on any atom is -0.484 e. The molecule has 2 amide bonds. The molecular formula is C21H32ClN3O3. The molecule has 3 rings (SSSR count). The first-order valence-corrected chi connectivity index (χ1v) is 10.0. The maximum Gasteiger partial charge on any atom is 0.260 e. The number of hydrogen-bond donors (Lipinski definition) is 1. The number of para-hydroxylation sites is 1. The van der Waals surface area contributed by atoms with E-state index >= 15 is 0 Å². The number of carbonyl (C=O) groups excluding carboxylic acids is 2. The van der Waals surface area contributed by atoms with Crippen molar-refractivity contribution >= 4 is 24.2 Å². The number of piperidine rings is 2. The Bertz CT molecular complexity index is 633. The normalized spacial score (nSPS) is 21.6. The first-order chi connectivity index (χ1) is 13.0. The average Bonchev–Trinajstić information content (AvgIpc) is 2.72. The molecule has 0 bridgehead atoms. The fourth-order valence-corrected chi connectivity index (χ4v) is 4.06. The molecule has 2 heterocycles. The van der Waals surface area contributed by atoms with E-state index in [2.05, 4.69) is 0 Å². The zero-order valence-corrected chi connectivity index (χ0v) is 17.4. The van der Waals surface area contributed by atoms with Gasteiger partial charge in [-0.3, -0.25) is 9.59 Å². The van der Waals surface area contributed by atoms with Crippen molar-refractivity contribution in [2.45, 2.75) is 38.6 Å². The summed E-state index contributed by atoms with van der Waals surface area (Å²) in [7, 11) is 0. The number of hydrogen-bond acceptors (Lipinski definition) is 4. The Labute approximate surface area is 173 Å². The fraction of sp³-hybridized carbons (Fsp3) is 0.619. The summed E-state index contributed by atoms with van der Waals surface area (Å²) >= 11 is 0. The van der Waals surface area contributed by atoms with Crippen LogP contribution < -0.4 is 10.5 Å². The van der Waals surface area contributed by atoms with Gasteiger partial charge < -0.3 is 20.3 Å². The van der Waals surface area contributed by atoms with Gasteiger partial charge in [-0.1, -0.05) is 18.2 Å². The number of nitrogens with two attached hydrogens (primary N) is 1. The van der Waals surface area contributed by atoms with E-state index in [9.17, 15) is 9.59 Å². The van der Waals surface area contributed by atoms with Crippen molar-refractivity contribution in [3.05, 3.63) is 30.3 Å². The average molecular weight is 410 g/mol. The molecule has 2 aliphatic heterocycles. The molecule has 2 N–H and O–H groups in total. The van der Waals surface area contributed by atoms with E-state index in [0.29, 0.717) is 24.8 Å². The second kappa shape index (κ2) is 10.7. The van der Waals surface area contributed by atoms with E-state index in [4.69, 9.17) is 10.5 Å². The maximum atomic E-state index is 12.9. The lowest BCUT2D eigenvalue weighted by molar-refractivity contribution is -0.142. The minimum atomic E-state index is -0.0914. The number of carbonyl (C=O) groups is 2. The smallest absolute Gasteiger partial charge is 0.260 e. The maximum absolute atomic E-state index is 12.9. The molecule has 2 unspecified atom stereocenters. The third-order valence-corrected chi connectivity index (χ3v) is 5.82. The molecule has 0 spiro atoms. The number of amides is 2. The van der Waals surface area contributed by atoms with Crippen LogP contribution in [0.25, 0.3) is 0 Å². The van der Waals surface area contributed by atoms with E-state index in [1.165, 1.54) is 0 Å². The van der Waals surface area contributed by atoms with Crippen molar-refractivity contribution in [1.29, 1.82) is 0 Å². The fourth-order valence-electron chi connectivity index (χ4n) is 4.06. The number of likely N-dealkylation sites (tertiary alicyclic amines) is 2. The first kappa shape index (κ1) is 22.5. The molecular weight excluding hydrogens is 378 g/mol. The molecule has 2 fully saturated rings. The van der Waals surface area contributed by atoms with Crippen LogP contribution in [0.3, 0.4) is 0 Å². The van der Waals surface area contributed by atoms with Crippen LogP contribution in [0.5, 0.6) is 5.75 Å². The predicted octanol–water partition coefficient (Wildman–Crippen LogP) is 2.31. The molecule has 6 nitrogen and oxygen atoms in total. The van der Waals surface area contributed by atoms with E-state index in [1.807, 2.05) is 42.2 Å². The Morgan fingerprint density at radius 1 is 1.11 bits per heavy atom. The molecule has 7 heteroatoms. The summed E-state index contributed by atoms with van der Waals surface area (Å²) in [5.74, 6) is 1.25. The Morgan fingerprint density at radius 2 is 1.79 bits per heavy atom. The topological polar surface area (TPSA) is 75.9 Å². The van der Waals surface area contributed by atoms with Gasteiger partial charge in [0.2, 0.25) is 5.91 Å². The van der Waals surface area contributed by atoms with Crippen LogP contribution in [-0.2, 0) is 9.59 Å². The Morgan fingerprint density at radius 3 is 2.43 bits per heavy atom. The molecule has 156 valence electrons. The summed E-state index contributed by atoms with van der Waals surface area (Å²) in [5, 5.41) is 0. The molecule has 1 aromatic carbocycles. The van der Waals surface area contributed by atoms with Crippen LogP contribution in [0, 0.1) is 11.8 Å². The van der Waals surface area contributed by atoms with Gasteiger partial charge in [-0.15, -0.1) is 12.4 Å². The lowest BCUT2D eigenvalue weighted by atomic mass is 9.89. The number of halogens is 1. The monoisotopic (exact) mass is 409 g/mol. The molecule has 28 heavy (non-hydrogen) atoms. The number of rotatable bonds is 5. The minimum absolute atomic E-state index is 0. The van der Waals surface area contributed by atoms with Crippen LogP contribution >= 0.6 is 12.4 Å². The predicted molar refractivity (Wildman–Crippen MR) is 111 cm³/mol.